The molecular weight excluding hydrogens is 228 g/mol. The molecule has 0 bridgehead atoms. The van der Waals surface area contributed by atoms with Crippen molar-refractivity contribution in [2.75, 3.05) is 27.2 Å². The lowest BCUT2D eigenvalue weighted by Gasteiger charge is -2.10. The molecular formula is C13H22N4O. The van der Waals surface area contributed by atoms with E-state index in [1.165, 1.54) is 0 Å². The zero-order chi connectivity index (χ0) is 13.3. The summed E-state index contributed by atoms with van der Waals surface area (Å²) >= 11 is 0. The number of hydrogen-bond donors (Lipinski definition) is 1. The van der Waals surface area contributed by atoms with Crippen molar-refractivity contribution in [3.8, 4) is 0 Å². The Hall–Kier alpha value is -1.36. The molecule has 1 amide bonds. The van der Waals surface area contributed by atoms with Gasteiger partial charge in [0, 0.05) is 31.7 Å². The van der Waals surface area contributed by atoms with Crippen molar-refractivity contribution < 1.29 is 4.79 Å². The van der Waals surface area contributed by atoms with Crippen LogP contribution in [0.2, 0.25) is 0 Å². The number of likely N-dealkylation sites (N-methyl/N-ethyl adjacent to an activating group) is 1. The molecule has 1 N–H and O–H groups in total. The van der Waals surface area contributed by atoms with Gasteiger partial charge in [0.15, 0.2) is 0 Å². The molecule has 0 aliphatic heterocycles. The maximum Gasteiger partial charge on any atom is 0.255 e. The first-order chi connectivity index (χ1) is 8.50. The van der Waals surface area contributed by atoms with E-state index >= 15 is 0 Å². The number of nitrogens with one attached hydrogen (secondary N) is 1. The first-order valence-electron chi connectivity index (χ1n) is 6.47. The molecule has 0 radical (unpaired) electrons. The zero-order valence-corrected chi connectivity index (χ0v) is 11.7. The van der Waals surface area contributed by atoms with Crippen LogP contribution in [0.4, 0.5) is 0 Å². The molecule has 2 rings (SSSR count). The first kappa shape index (κ1) is 13.1. The fraction of sp³-hybridized carbons (Fsp3) is 0.692. The Morgan fingerprint density at radius 1 is 1.50 bits per heavy atom. The third-order valence-corrected chi connectivity index (χ3v) is 3.40. The number of aromatic nitrogens is 2. The molecule has 18 heavy (non-hydrogen) atoms. The molecule has 5 heteroatoms. The Bertz CT molecular complexity index is 446. The van der Waals surface area contributed by atoms with Gasteiger partial charge in [-0.15, -0.1) is 0 Å². The van der Waals surface area contributed by atoms with Gasteiger partial charge in [-0.1, -0.05) is 0 Å². The summed E-state index contributed by atoms with van der Waals surface area (Å²) < 4.78 is 1.81. The Kier molecular flexibility index (Phi) is 3.71. The lowest BCUT2D eigenvalue weighted by Crippen LogP contribution is -2.32. The van der Waals surface area contributed by atoms with E-state index in [4.69, 9.17) is 0 Å². The summed E-state index contributed by atoms with van der Waals surface area (Å²) in [6.45, 7) is 3.48. The molecule has 0 aromatic carbocycles. The standard InChI is InChI=1S/C13H22N4O/c1-9-11(13(18)14-7-8-16(2)3)12(10-5-6-10)15-17(9)4/h10H,5-8H2,1-4H3,(H,14,18). The summed E-state index contributed by atoms with van der Waals surface area (Å²) in [4.78, 5) is 14.3. The Balaban J connectivity index is 2.09. The quantitative estimate of drug-likeness (QED) is 0.844. The van der Waals surface area contributed by atoms with Gasteiger partial charge in [0.25, 0.3) is 5.91 Å². The molecule has 1 heterocycles. The summed E-state index contributed by atoms with van der Waals surface area (Å²) in [5, 5.41) is 7.46. The fourth-order valence-electron chi connectivity index (χ4n) is 2.04. The molecule has 1 aliphatic rings. The highest BCUT2D eigenvalue weighted by atomic mass is 16.1. The van der Waals surface area contributed by atoms with Gasteiger partial charge in [0.05, 0.1) is 11.3 Å². The second-order valence-electron chi connectivity index (χ2n) is 5.30. The SMILES string of the molecule is Cc1c(C(=O)NCCN(C)C)c(C2CC2)nn1C. The van der Waals surface area contributed by atoms with Crippen LogP contribution in [0.25, 0.3) is 0 Å². The van der Waals surface area contributed by atoms with Crippen LogP contribution in [0.1, 0.15) is 40.5 Å². The summed E-state index contributed by atoms with van der Waals surface area (Å²) in [6, 6.07) is 0. The summed E-state index contributed by atoms with van der Waals surface area (Å²) in [5.74, 6) is 0.517. The van der Waals surface area contributed by atoms with Gasteiger partial charge in [0.2, 0.25) is 0 Å². The van der Waals surface area contributed by atoms with Gasteiger partial charge < -0.3 is 10.2 Å². The molecule has 5 nitrogen and oxygen atoms in total. The van der Waals surface area contributed by atoms with Crippen LogP contribution in [0.15, 0.2) is 0 Å². The van der Waals surface area contributed by atoms with Crippen LogP contribution >= 0.6 is 0 Å². The molecule has 1 aliphatic carbocycles. The monoisotopic (exact) mass is 250 g/mol. The fourth-order valence-corrected chi connectivity index (χ4v) is 2.04. The molecule has 100 valence electrons. The van der Waals surface area contributed by atoms with Gasteiger partial charge in [-0.3, -0.25) is 9.48 Å². The van der Waals surface area contributed by atoms with E-state index in [1.807, 2.05) is 32.7 Å². The summed E-state index contributed by atoms with van der Waals surface area (Å²) in [5.41, 5.74) is 2.73. The Morgan fingerprint density at radius 3 is 2.72 bits per heavy atom. The topological polar surface area (TPSA) is 50.2 Å². The van der Waals surface area contributed by atoms with Crippen LogP contribution in [-0.2, 0) is 7.05 Å². The van der Waals surface area contributed by atoms with Crippen LogP contribution in [0.5, 0.6) is 0 Å². The van der Waals surface area contributed by atoms with E-state index in [1.54, 1.807) is 0 Å². The Morgan fingerprint density at radius 2 is 2.17 bits per heavy atom. The highest BCUT2D eigenvalue weighted by molar-refractivity contribution is 5.96. The lowest BCUT2D eigenvalue weighted by atomic mass is 10.1. The number of amides is 1. The zero-order valence-electron chi connectivity index (χ0n) is 11.7. The normalized spacial score (nSPS) is 15.2. The molecule has 0 unspecified atom stereocenters. The van der Waals surface area contributed by atoms with Crippen LogP contribution < -0.4 is 5.32 Å². The summed E-state index contributed by atoms with van der Waals surface area (Å²) in [7, 11) is 5.89. The van der Waals surface area contributed by atoms with Gasteiger partial charge in [0.1, 0.15) is 0 Å². The molecule has 0 saturated heterocycles. The number of hydrogen-bond acceptors (Lipinski definition) is 3. The third kappa shape index (κ3) is 2.72. The maximum absolute atomic E-state index is 12.2. The molecule has 1 aromatic rings. The second kappa shape index (κ2) is 5.10. The van der Waals surface area contributed by atoms with Gasteiger partial charge in [-0.05, 0) is 33.9 Å². The van der Waals surface area contributed by atoms with Crippen molar-refractivity contribution in [1.82, 2.24) is 20.0 Å². The maximum atomic E-state index is 12.2. The van der Waals surface area contributed by atoms with Crippen molar-refractivity contribution in [2.45, 2.75) is 25.7 Å². The van der Waals surface area contributed by atoms with E-state index in [9.17, 15) is 4.79 Å². The molecule has 0 spiro atoms. The lowest BCUT2D eigenvalue weighted by molar-refractivity contribution is 0.0949. The van der Waals surface area contributed by atoms with E-state index in [0.29, 0.717) is 12.5 Å². The van der Waals surface area contributed by atoms with Crippen molar-refractivity contribution >= 4 is 5.91 Å². The smallest absolute Gasteiger partial charge is 0.255 e. The van der Waals surface area contributed by atoms with Gasteiger partial charge in [-0.2, -0.15) is 5.10 Å². The van der Waals surface area contributed by atoms with E-state index in [-0.39, 0.29) is 5.91 Å². The van der Waals surface area contributed by atoms with Crippen molar-refractivity contribution in [3.63, 3.8) is 0 Å². The van der Waals surface area contributed by atoms with Crippen LogP contribution in [-0.4, -0.2) is 47.8 Å². The largest absolute Gasteiger partial charge is 0.351 e. The Labute approximate surface area is 108 Å². The summed E-state index contributed by atoms with van der Waals surface area (Å²) in [6.07, 6.45) is 2.32. The third-order valence-electron chi connectivity index (χ3n) is 3.40. The molecule has 1 saturated carbocycles. The van der Waals surface area contributed by atoms with Crippen molar-refractivity contribution in [3.05, 3.63) is 17.0 Å². The highest BCUT2D eigenvalue weighted by Gasteiger charge is 2.32. The van der Waals surface area contributed by atoms with Gasteiger partial charge >= 0.3 is 0 Å². The van der Waals surface area contributed by atoms with E-state index in [0.717, 1.165) is 36.3 Å². The van der Waals surface area contributed by atoms with Crippen molar-refractivity contribution in [1.29, 1.82) is 0 Å². The average Bonchev–Trinajstić information content (AvgIpc) is 3.07. The minimum absolute atomic E-state index is 0.0179. The first-order valence-corrected chi connectivity index (χ1v) is 6.47. The van der Waals surface area contributed by atoms with E-state index < -0.39 is 0 Å². The highest BCUT2D eigenvalue weighted by Crippen LogP contribution is 2.41. The van der Waals surface area contributed by atoms with Gasteiger partial charge in [-0.25, -0.2) is 0 Å². The molecule has 1 aromatic heterocycles. The van der Waals surface area contributed by atoms with Crippen molar-refractivity contribution in [2.24, 2.45) is 7.05 Å². The predicted molar refractivity (Wildman–Crippen MR) is 70.8 cm³/mol. The molecule has 0 atom stereocenters. The van der Waals surface area contributed by atoms with E-state index in [2.05, 4.69) is 15.3 Å². The number of carbonyl (C=O) groups excluding carboxylic acids is 1. The molecule has 1 fully saturated rings. The predicted octanol–water partition coefficient (Wildman–Crippen LogP) is 0.897. The second-order valence-corrected chi connectivity index (χ2v) is 5.30. The number of aryl methyl sites for hydroxylation is 1. The van der Waals surface area contributed by atoms with Crippen LogP contribution in [0.3, 0.4) is 0 Å². The number of nitrogens with zero attached hydrogens (tertiary/aromatic N) is 3. The number of rotatable bonds is 5. The average molecular weight is 250 g/mol. The van der Waals surface area contributed by atoms with Crippen LogP contribution in [0, 0.1) is 6.92 Å². The minimum atomic E-state index is 0.0179. The number of carbonyl (C=O) groups is 1. The minimum Gasteiger partial charge on any atom is -0.351 e.